The lowest BCUT2D eigenvalue weighted by atomic mass is 9.69. The summed E-state index contributed by atoms with van der Waals surface area (Å²) in [6, 6.07) is 6.89. The van der Waals surface area contributed by atoms with E-state index >= 15 is 0 Å². The predicted octanol–water partition coefficient (Wildman–Crippen LogP) is 6.24. The summed E-state index contributed by atoms with van der Waals surface area (Å²) in [4.78, 5) is 0. The summed E-state index contributed by atoms with van der Waals surface area (Å²) < 4.78 is 1.22. The van der Waals surface area contributed by atoms with Gasteiger partial charge in [0.25, 0.3) is 0 Å². The van der Waals surface area contributed by atoms with Gasteiger partial charge in [0, 0.05) is 4.47 Å². The SMILES string of the molecule is CC1(C)CCC(=C2CCCCC2)c2cc(Br)ccc21. The molecule has 0 aliphatic heterocycles. The van der Waals surface area contributed by atoms with Crippen molar-refractivity contribution in [1.29, 1.82) is 0 Å². The minimum Gasteiger partial charge on any atom is -0.0664 e. The van der Waals surface area contributed by atoms with Crippen LogP contribution >= 0.6 is 15.9 Å². The molecule has 3 rings (SSSR count). The molecule has 1 heteroatoms. The van der Waals surface area contributed by atoms with Gasteiger partial charge in [-0.05, 0) is 72.8 Å². The average Bonchev–Trinajstić information content (AvgIpc) is 2.39. The summed E-state index contributed by atoms with van der Waals surface area (Å²) in [6.07, 6.45) is 9.44. The molecular formula is C18H23Br. The molecular weight excluding hydrogens is 296 g/mol. The van der Waals surface area contributed by atoms with Crippen molar-refractivity contribution in [1.82, 2.24) is 0 Å². The molecule has 0 unspecified atom stereocenters. The van der Waals surface area contributed by atoms with Gasteiger partial charge in [0.2, 0.25) is 0 Å². The molecule has 2 aliphatic carbocycles. The zero-order chi connectivity index (χ0) is 13.5. The number of rotatable bonds is 0. The highest BCUT2D eigenvalue weighted by Gasteiger charge is 2.31. The van der Waals surface area contributed by atoms with Crippen LogP contribution in [-0.4, -0.2) is 0 Å². The summed E-state index contributed by atoms with van der Waals surface area (Å²) in [6.45, 7) is 4.78. The topological polar surface area (TPSA) is 0 Å². The highest BCUT2D eigenvalue weighted by molar-refractivity contribution is 9.10. The molecule has 102 valence electrons. The van der Waals surface area contributed by atoms with Crippen molar-refractivity contribution in [2.45, 2.75) is 64.2 Å². The normalized spacial score (nSPS) is 22.3. The standard InChI is InChI=1S/C18H23Br/c1-18(2)11-10-15(13-6-4-3-5-7-13)16-12-14(19)8-9-17(16)18/h8-9,12H,3-7,10-11H2,1-2H3. The third kappa shape index (κ3) is 2.54. The quantitative estimate of drug-likeness (QED) is 0.531. The van der Waals surface area contributed by atoms with E-state index in [1.807, 2.05) is 0 Å². The van der Waals surface area contributed by atoms with Gasteiger partial charge in [-0.2, -0.15) is 0 Å². The van der Waals surface area contributed by atoms with E-state index in [1.165, 1.54) is 55.0 Å². The Hall–Kier alpha value is -0.560. The van der Waals surface area contributed by atoms with E-state index in [0.29, 0.717) is 5.41 Å². The molecule has 0 atom stereocenters. The summed E-state index contributed by atoms with van der Waals surface area (Å²) in [5.41, 5.74) is 6.84. The first-order valence-electron chi connectivity index (χ1n) is 7.59. The number of allylic oxidation sites excluding steroid dienone is 2. The molecule has 0 N–H and O–H groups in total. The number of hydrogen-bond acceptors (Lipinski definition) is 0. The van der Waals surface area contributed by atoms with E-state index in [-0.39, 0.29) is 0 Å². The van der Waals surface area contributed by atoms with Crippen LogP contribution in [0.25, 0.3) is 5.57 Å². The van der Waals surface area contributed by atoms with E-state index in [0.717, 1.165) is 0 Å². The second-order valence-electron chi connectivity index (χ2n) is 6.72. The van der Waals surface area contributed by atoms with E-state index < -0.39 is 0 Å². The fourth-order valence-electron chi connectivity index (χ4n) is 3.71. The van der Waals surface area contributed by atoms with Crippen LogP contribution in [0.5, 0.6) is 0 Å². The maximum atomic E-state index is 3.66. The summed E-state index contributed by atoms with van der Waals surface area (Å²) in [7, 11) is 0. The molecule has 0 nitrogen and oxygen atoms in total. The molecule has 1 aromatic rings. The van der Waals surface area contributed by atoms with Gasteiger partial charge in [0.15, 0.2) is 0 Å². The van der Waals surface area contributed by atoms with Gasteiger partial charge in [-0.15, -0.1) is 0 Å². The van der Waals surface area contributed by atoms with Crippen LogP contribution in [0.4, 0.5) is 0 Å². The summed E-state index contributed by atoms with van der Waals surface area (Å²) in [5, 5.41) is 0. The molecule has 1 saturated carbocycles. The molecule has 0 heterocycles. The number of fused-ring (bicyclic) bond motifs is 1. The second kappa shape index (κ2) is 5.09. The highest BCUT2D eigenvalue weighted by Crippen LogP contribution is 2.46. The average molecular weight is 319 g/mol. The number of halogens is 1. The van der Waals surface area contributed by atoms with Crippen LogP contribution in [-0.2, 0) is 5.41 Å². The molecule has 0 saturated heterocycles. The molecule has 1 fully saturated rings. The van der Waals surface area contributed by atoms with Gasteiger partial charge in [0.1, 0.15) is 0 Å². The molecule has 2 aliphatic rings. The largest absolute Gasteiger partial charge is 0.0664 e. The van der Waals surface area contributed by atoms with Gasteiger partial charge in [-0.3, -0.25) is 0 Å². The Morgan fingerprint density at radius 3 is 2.47 bits per heavy atom. The van der Waals surface area contributed by atoms with Crippen molar-refractivity contribution >= 4 is 21.5 Å². The highest BCUT2D eigenvalue weighted by atomic mass is 79.9. The Morgan fingerprint density at radius 1 is 1.00 bits per heavy atom. The lowest BCUT2D eigenvalue weighted by Crippen LogP contribution is -2.24. The molecule has 0 radical (unpaired) electrons. The Balaban J connectivity index is 2.13. The van der Waals surface area contributed by atoms with Crippen LogP contribution in [0.3, 0.4) is 0 Å². The zero-order valence-electron chi connectivity index (χ0n) is 12.1. The maximum Gasteiger partial charge on any atom is 0.0181 e. The Bertz CT molecular complexity index is 514. The fraction of sp³-hybridized carbons (Fsp3) is 0.556. The summed E-state index contributed by atoms with van der Waals surface area (Å²) >= 11 is 3.66. The van der Waals surface area contributed by atoms with E-state index in [9.17, 15) is 0 Å². The molecule has 0 amide bonds. The molecule has 19 heavy (non-hydrogen) atoms. The van der Waals surface area contributed by atoms with Gasteiger partial charge in [-0.25, -0.2) is 0 Å². The first kappa shape index (κ1) is 13.4. The van der Waals surface area contributed by atoms with Crippen molar-refractivity contribution in [2.24, 2.45) is 0 Å². The van der Waals surface area contributed by atoms with Crippen LogP contribution in [0.1, 0.15) is 69.9 Å². The van der Waals surface area contributed by atoms with Gasteiger partial charge >= 0.3 is 0 Å². The zero-order valence-corrected chi connectivity index (χ0v) is 13.6. The molecule has 0 aromatic heterocycles. The van der Waals surface area contributed by atoms with Crippen molar-refractivity contribution < 1.29 is 0 Å². The van der Waals surface area contributed by atoms with Gasteiger partial charge in [-0.1, -0.05) is 47.8 Å². The summed E-state index contributed by atoms with van der Waals surface area (Å²) in [5.74, 6) is 0. The minimum atomic E-state index is 0.328. The van der Waals surface area contributed by atoms with Crippen molar-refractivity contribution in [3.63, 3.8) is 0 Å². The van der Waals surface area contributed by atoms with E-state index in [1.54, 1.807) is 16.7 Å². The van der Waals surface area contributed by atoms with Crippen molar-refractivity contribution in [3.05, 3.63) is 39.4 Å². The third-order valence-electron chi connectivity index (χ3n) is 4.92. The fourth-order valence-corrected chi connectivity index (χ4v) is 4.07. The van der Waals surface area contributed by atoms with E-state index in [4.69, 9.17) is 0 Å². The van der Waals surface area contributed by atoms with Crippen molar-refractivity contribution in [2.75, 3.05) is 0 Å². The number of hydrogen-bond donors (Lipinski definition) is 0. The van der Waals surface area contributed by atoms with Crippen LogP contribution in [0.2, 0.25) is 0 Å². The van der Waals surface area contributed by atoms with Crippen LogP contribution < -0.4 is 0 Å². The Morgan fingerprint density at radius 2 is 1.74 bits per heavy atom. The predicted molar refractivity (Wildman–Crippen MR) is 86.4 cm³/mol. The van der Waals surface area contributed by atoms with Crippen molar-refractivity contribution in [3.8, 4) is 0 Å². The third-order valence-corrected chi connectivity index (χ3v) is 5.41. The van der Waals surface area contributed by atoms with E-state index in [2.05, 4.69) is 48.0 Å². The second-order valence-corrected chi connectivity index (χ2v) is 7.63. The Labute approximate surface area is 125 Å². The Kier molecular flexibility index (Phi) is 3.59. The molecule has 0 bridgehead atoms. The lowest BCUT2D eigenvalue weighted by molar-refractivity contribution is 0.471. The minimum absolute atomic E-state index is 0.328. The van der Waals surface area contributed by atoms with Crippen LogP contribution in [0, 0.1) is 0 Å². The van der Waals surface area contributed by atoms with Gasteiger partial charge < -0.3 is 0 Å². The smallest absolute Gasteiger partial charge is 0.0181 e. The molecule has 1 aromatic carbocycles. The van der Waals surface area contributed by atoms with Gasteiger partial charge in [0.05, 0.1) is 0 Å². The van der Waals surface area contributed by atoms with Crippen LogP contribution in [0.15, 0.2) is 28.2 Å². The monoisotopic (exact) mass is 318 g/mol. The lowest BCUT2D eigenvalue weighted by Gasteiger charge is -2.36. The first-order valence-corrected chi connectivity index (χ1v) is 8.38. The first-order chi connectivity index (χ1) is 9.08. The number of benzene rings is 1. The molecule has 0 spiro atoms. The maximum absolute atomic E-state index is 3.66.